The van der Waals surface area contributed by atoms with Crippen molar-refractivity contribution >= 4 is 22.8 Å². The van der Waals surface area contributed by atoms with Crippen LogP contribution >= 0.6 is 0 Å². The molecule has 5 nitrogen and oxygen atoms in total. The number of carboxylic acid groups (broad SMARTS) is 1. The van der Waals surface area contributed by atoms with Crippen LogP contribution in [0, 0.1) is 0 Å². The maximum Gasteiger partial charge on any atom is 0.305 e. The molecule has 30 heavy (non-hydrogen) atoms. The van der Waals surface area contributed by atoms with E-state index in [1.165, 1.54) is 16.5 Å². The summed E-state index contributed by atoms with van der Waals surface area (Å²) in [6.07, 6.45) is 4.95. The fourth-order valence-electron chi connectivity index (χ4n) is 3.85. The molecule has 0 aliphatic carbocycles. The number of benzene rings is 2. The highest BCUT2D eigenvalue weighted by Crippen LogP contribution is 2.23. The number of aromatic nitrogens is 1. The Morgan fingerprint density at radius 3 is 2.40 bits per heavy atom. The second kappa shape index (κ2) is 10.6. The number of hydrogen-bond acceptors (Lipinski definition) is 2. The zero-order valence-corrected chi connectivity index (χ0v) is 17.6. The molecule has 0 saturated carbocycles. The molecule has 1 amide bonds. The van der Waals surface area contributed by atoms with Crippen LogP contribution in [-0.2, 0) is 29.0 Å². The molecular formula is C25H30N2O3. The lowest BCUT2D eigenvalue weighted by molar-refractivity contribution is -0.138. The molecule has 2 aromatic carbocycles. The SMILES string of the molecule is CCCn1cc(CCC(=O)N(CCC(=O)O)CCc2ccccc2)c2ccccc21. The second-order valence-electron chi connectivity index (χ2n) is 7.63. The number of rotatable bonds is 11. The molecule has 0 saturated heterocycles. The number of aliphatic carboxylic acids is 1. The number of carbonyl (C=O) groups is 2. The second-order valence-corrected chi connectivity index (χ2v) is 7.63. The van der Waals surface area contributed by atoms with Gasteiger partial charge in [-0.05, 0) is 36.5 Å². The third-order valence-electron chi connectivity index (χ3n) is 5.41. The molecule has 0 spiro atoms. The Morgan fingerprint density at radius 1 is 0.933 bits per heavy atom. The van der Waals surface area contributed by atoms with E-state index in [1.807, 2.05) is 42.5 Å². The molecule has 0 atom stereocenters. The number of amides is 1. The Kier molecular flexibility index (Phi) is 7.66. The van der Waals surface area contributed by atoms with E-state index in [4.69, 9.17) is 5.11 Å². The van der Waals surface area contributed by atoms with Crippen LogP contribution in [0.15, 0.2) is 60.8 Å². The Labute approximate surface area is 177 Å². The van der Waals surface area contributed by atoms with E-state index in [0.29, 0.717) is 19.4 Å². The van der Waals surface area contributed by atoms with Crippen LogP contribution < -0.4 is 0 Å². The van der Waals surface area contributed by atoms with Crippen molar-refractivity contribution in [1.82, 2.24) is 9.47 Å². The normalized spacial score (nSPS) is 11.0. The van der Waals surface area contributed by atoms with E-state index in [2.05, 4.69) is 29.8 Å². The van der Waals surface area contributed by atoms with Crippen molar-refractivity contribution in [2.24, 2.45) is 0 Å². The number of para-hydroxylation sites is 1. The number of nitrogens with zero attached hydrogens (tertiary/aromatic N) is 2. The Hall–Kier alpha value is -3.08. The van der Waals surface area contributed by atoms with Gasteiger partial charge in [0.2, 0.25) is 5.91 Å². The smallest absolute Gasteiger partial charge is 0.305 e. The van der Waals surface area contributed by atoms with Gasteiger partial charge in [0.15, 0.2) is 0 Å². The van der Waals surface area contributed by atoms with Gasteiger partial charge in [-0.25, -0.2) is 0 Å². The molecule has 158 valence electrons. The van der Waals surface area contributed by atoms with Crippen molar-refractivity contribution in [3.63, 3.8) is 0 Å². The van der Waals surface area contributed by atoms with Gasteiger partial charge in [-0.1, -0.05) is 55.5 Å². The summed E-state index contributed by atoms with van der Waals surface area (Å²) in [4.78, 5) is 25.7. The minimum Gasteiger partial charge on any atom is -0.481 e. The van der Waals surface area contributed by atoms with E-state index >= 15 is 0 Å². The first-order valence-corrected chi connectivity index (χ1v) is 10.7. The van der Waals surface area contributed by atoms with Crippen molar-refractivity contribution < 1.29 is 14.7 Å². The average Bonchev–Trinajstić information content (AvgIpc) is 3.10. The minimum atomic E-state index is -0.879. The summed E-state index contributed by atoms with van der Waals surface area (Å²) in [5, 5.41) is 10.3. The first-order chi connectivity index (χ1) is 14.6. The first kappa shape index (κ1) is 21.6. The number of carboxylic acids is 1. The molecule has 1 heterocycles. The quantitative estimate of drug-likeness (QED) is 0.509. The highest BCUT2D eigenvalue weighted by molar-refractivity contribution is 5.85. The van der Waals surface area contributed by atoms with E-state index in [9.17, 15) is 9.59 Å². The fraction of sp³-hybridized carbons (Fsp3) is 0.360. The molecule has 1 N–H and O–H groups in total. The number of fused-ring (bicyclic) bond motifs is 1. The van der Waals surface area contributed by atoms with Gasteiger partial charge in [0.05, 0.1) is 6.42 Å². The summed E-state index contributed by atoms with van der Waals surface area (Å²) in [5.41, 5.74) is 3.52. The molecule has 5 heteroatoms. The molecule has 0 aliphatic rings. The van der Waals surface area contributed by atoms with Crippen molar-refractivity contribution in [1.29, 1.82) is 0 Å². The number of aryl methyl sites for hydroxylation is 2. The van der Waals surface area contributed by atoms with Gasteiger partial charge in [0, 0.05) is 43.2 Å². The maximum atomic E-state index is 12.9. The Balaban J connectivity index is 1.67. The van der Waals surface area contributed by atoms with Crippen LogP contribution in [0.2, 0.25) is 0 Å². The van der Waals surface area contributed by atoms with Gasteiger partial charge in [-0.2, -0.15) is 0 Å². The van der Waals surface area contributed by atoms with Crippen LogP contribution in [0.5, 0.6) is 0 Å². The van der Waals surface area contributed by atoms with Crippen molar-refractivity contribution in [3.8, 4) is 0 Å². The van der Waals surface area contributed by atoms with Gasteiger partial charge in [0.1, 0.15) is 0 Å². The van der Waals surface area contributed by atoms with Gasteiger partial charge in [-0.3, -0.25) is 9.59 Å². The largest absolute Gasteiger partial charge is 0.481 e. The lowest BCUT2D eigenvalue weighted by Crippen LogP contribution is -2.35. The fourth-order valence-corrected chi connectivity index (χ4v) is 3.85. The van der Waals surface area contributed by atoms with E-state index < -0.39 is 5.97 Å². The van der Waals surface area contributed by atoms with Gasteiger partial charge in [-0.15, -0.1) is 0 Å². The zero-order valence-electron chi connectivity index (χ0n) is 17.6. The highest BCUT2D eigenvalue weighted by atomic mass is 16.4. The molecular weight excluding hydrogens is 376 g/mol. The van der Waals surface area contributed by atoms with Gasteiger partial charge < -0.3 is 14.6 Å². The lowest BCUT2D eigenvalue weighted by atomic mass is 10.1. The highest BCUT2D eigenvalue weighted by Gasteiger charge is 2.16. The van der Waals surface area contributed by atoms with Crippen molar-refractivity contribution in [3.05, 3.63) is 71.9 Å². The monoisotopic (exact) mass is 406 g/mol. The van der Waals surface area contributed by atoms with E-state index in [0.717, 1.165) is 24.9 Å². The van der Waals surface area contributed by atoms with Crippen LogP contribution in [0.1, 0.15) is 37.3 Å². The minimum absolute atomic E-state index is 0.0134. The summed E-state index contributed by atoms with van der Waals surface area (Å²) in [6, 6.07) is 18.3. The Morgan fingerprint density at radius 2 is 1.67 bits per heavy atom. The summed E-state index contributed by atoms with van der Waals surface area (Å²) in [6.45, 7) is 3.90. The summed E-state index contributed by atoms with van der Waals surface area (Å²) in [7, 11) is 0. The first-order valence-electron chi connectivity index (χ1n) is 10.7. The maximum absolute atomic E-state index is 12.9. The predicted molar refractivity (Wildman–Crippen MR) is 120 cm³/mol. The molecule has 0 unspecified atom stereocenters. The van der Waals surface area contributed by atoms with Crippen LogP contribution in [0.4, 0.5) is 0 Å². The summed E-state index contributed by atoms with van der Waals surface area (Å²) >= 11 is 0. The predicted octanol–water partition coefficient (Wildman–Crippen LogP) is 4.53. The summed E-state index contributed by atoms with van der Waals surface area (Å²) < 4.78 is 2.26. The summed E-state index contributed by atoms with van der Waals surface area (Å²) in [5.74, 6) is -0.866. The zero-order chi connectivity index (χ0) is 21.3. The average molecular weight is 407 g/mol. The van der Waals surface area contributed by atoms with Crippen LogP contribution in [0.3, 0.4) is 0 Å². The Bertz CT molecular complexity index is 978. The number of carbonyl (C=O) groups excluding carboxylic acids is 1. The van der Waals surface area contributed by atoms with Gasteiger partial charge in [0.25, 0.3) is 0 Å². The standard InChI is InChI=1S/C25H30N2O3/c1-2-16-27-19-21(22-10-6-7-11-23(22)27)12-13-24(28)26(18-15-25(29)30)17-14-20-8-4-3-5-9-20/h3-11,19H,2,12-18H2,1H3,(H,29,30). The lowest BCUT2D eigenvalue weighted by Gasteiger charge is -2.22. The molecule has 3 rings (SSSR count). The topological polar surface area (TPSA) is 62.5 Å². The van der Waals surface area contributed by atoms with E-state index in [1.54, 1.807) is 4.90 Å². The van der Waals surface area contributed by atoms with E-state index in [-0.39, 0.29) is 18.9 Å². The van der Waals surface area contributed by atoms with Crippen molar-refractivity contribution in [2.75, 3.05) is 13.1 Å². The molecule has 0 fully saturated rings. The van der Waals surface area contributed by atoms with Gasteiger partial charge >= 0.3 is 5.97 Å². The number of hydrogen-bond donors (Lipinski definition) is 1. The third-order valence-corrected chi connectivity index (χ3v) is 5.41. The molecule has 0 bridgehead atoms. The molecule has 0 radical (unpaired) electrons. The van der Waals surface area contributed by atoms with Crippen LogP contribution in [0.25, 0.3) is 10.9 Å². The van der Waals surface area contributed by atoms with Crippen molar-refractivity contribution in [2.45, 2.75) is 45.6 Å². The molecule has 0 aliphatic heterocycles. The third kappa shape index (κ3) is 5.72. The molecule has 3 aromatic rings. The molecule has 1 aromatic heterocycles. The van der Waals surface area contributed by atoms with Crippen LogP contribution in [-0.4, -0.2) is 39.5 Å².